The Balaban J connectivity index is 2.63. The number of nitrogens with zero attached hydrogens (tertiary/aromatic N) is 1. The summed E-state index contributed by atoms with van der Waals surface area (Å²) in [4.78, 5) is 0. The first-order chi connectivity index (χ1) is 7.33. The van der Waals surface area contributed by atoms with Crippen molar-refractivity contribution in [1.82, 2.24) is 0 Å². The standard InChI is InChI=1S/C12H13NS2/c1-3-14-9-8-12-13(2)10-6-4-5-7-11(10)15-12/h4-9H,2-3H2,1H3/q+2. The van der Waals surface area contributed by atoms with Crippen LogP contribution in [-0.2, 0) is 11.4 Å². The van der Waals surface area contributed by atoms with Crippen molar-refractivity contribution in [2.24, 2.45) is 0 Å². The van der Waals surface area contributed by atoms with E-state index >= 15 is 0 Å². The van der Waals surface area contributed by atoms with Crippen LogP contribution in [0.2, 0.25) is 0 Å². The van der Waals surface area contributed by atoms with Crippen LogP contribution in [0.4, 0.5) is 0 Å². The molecule has 0 bridgehead atoms. The second kappa shape index (κ2) is 4.64. The maximum Gasteiger partial charge on any atom is 0.272 e. The van der Waals surface area contributed by atoms with E-state index in [0.717, 1.165) is 5.75 Å². The van der Waals surface area contributed by atoms with Crippen LogP contribution in [0.5, 0.6) is 0 Å². The molecule has 1 heterocycles. The maximum atomic E-state index is 4.05. The van der Waals surface area contributed by atoms with Gasteiger partial charge in [-0.3, -0.25) is 0 Å². The Hall–Kier alpha value is -1.06. The Morgan fingerprint density at radius 3 is 3.00 bits per heavy atom. The molecule has 0 aliphatic carbocycles. The van der Waals surface area contributed by atoms with E-state index < -0.39 is 0 Å². The molecule has 0 aliphatic rings. The van der Waals surface area contributed by atoms with E-state index in [0.29, 0.717) is 0 Å². The van der Waals surface area contributed by atoms with Crippen molar-refractivity contribution < 1.29 is 4.24 Å². The zero-order chi connectivity index (χ0) is 10.7. The van der Waals surface area contributed by atoms with Gasteiger partial charge in [-0.05, 0) is 13.0 Å². The number of thiazole rings is 1. The van der Waals surface area contributed by atoms with Crippen LogP contribution in [0.15, 0.2) is 24.3 Å². The van der Waals surface area contributed by atoms with Crippen LogP contribution in [0.3, 0.4) is 0 Å². The van der Waals surface area contributed by atoms with E-state index in [1.807, 2.05) is 10.3 Å². The van der Waals surface area contributed by atoms with E-state index in [4.69, 9.17) is 0 Å². The molecule has 0 saturated carbocycles. The first-order valence-corrected chi connectivity index (χ1v) is 6.72. The van der Waals surface area contributed by atoms with Crippen molar-refractivity contribution in [3.63, 3.8) is 0 Å². The number of hydrogen-bond donors (Lipinski definition) is 0. The van der Waals surface area contributed by atoms with Crippen LogP contribution in [0, 0.1) is 6.72 Å². The number of hydrogen-bond acceptors (Lipinski definition) is 1. The molecular weight excluding hydrogens is 222 g/mol. The van der Waals surface area contributed by atoms with Gasteiger partial charge in [-0.1, -0.05) is 23.5 Å². The van der Waals surface area contributed by atoms with Gasteiger partial charge in [0.1, 0.15) is 11.4 Å². The fraction of sp³-hybridized carbons (Fsp3) is 0.167. The summed E-state index contributed by atoms with van der Waals surface area (Å²) in [5, 5.41) is 2.13. The molecule has 76 valence electrons. The second-order valence-corrected chi connectivity index (χ2v) is 5.34. The quantitative estimate of drug-likeness (QED) is 0.423. The third kappa shape index (κ3) is 2.13. The molecule has 0 saturated heterocycles. The van der Waals surface area contributed by atoms with Gasteiger partial charge in [0.2, 0.25) is 5.52 Å². The Morgan fingerprint density at radius 1 is 1.47 bits per heavy atom. The first-order valence-electron chi connectivity index (χ1n) is 4.85. The maximum absolute atomic E-state index is 4.05. The predicted octanol–water partition coefficient (Wildman–Crippen LogP) is 1.51. The fourth-order valence-corrected chi connectivity index (χ4v) is 2.88. The summed E-state index contributed by atoms with van der Waals surface area (Å²) in [6, 6.07) is 8.34. The summed E-state index contributed by atoms with van der Waals surface area (Å²) < 4.78 is 4.47. The molecular formula is C12H13NS2+2. The zero-order valence-corrected chi connectivity index (χ0v) is 10.3. The average Bonchev–Trinajstić information content (AvgIpc) is 2.57. The average molecular weight is 235 g/mol. The molecule has 0 amide bonds. The Morgan fingerprint density at radius 2 is 2.27 bits per heavy atom. The van der Waals surface area contributed by atoms with Crippen LogP contribution < -0.4 is 8.91 Å². The lowest BCUT2D eigenvalue weighted by molar-refractivity contribution is -0.477. The van der Waals surface area contributed by atoms with Crippen molar-refractivity contribution >= 4 is 44.3 Å². The highest BCUT2D eigenvalue weighted by molar-refractivity contribution is 7.78. The second-order valence-electron chi connectivity index (χ2n) is 3.09. The minimum absolute atomic E-state index is 1.11. The van der Waals surface area contributed by atoms with Crippen LogP contribution in [-0.4, -0.2) is 11.1 Å². The first kappa shape index (κ1) is 10.5. The zero-order valence-electron chi connectivity index (χ0n) is 8.64. The van der Waals surface area contributed by atoms with Crippen molar-refractivity contribution in [2.75, 3.05) is 5.75 Å². The van der Waals surface area contributed by atoms with Crippen molar-refractivity contribution in [3.05, 3.63) is 35.6 Å². The third-order valence-corrected chi connectivity index (χ3v) is 3.90. The Labute approximate surface area is 97.0 Å². The van der Waals surface area contributed by atoms with Gasteiger partial charge in [-0.2, -0.15) is 4.24 Å². The van der Waals surface area contributed by atoms with E-state index in [2.05, 4.69) is 43.3 Å². The van der Waals surface area contributed by atoms with Gasteiger partial charge in [0.05, 0.1) is 6.08 Å². The molecule has 0 fully saturated rings. The largest absolute Gasteiger partial charge is 0.272 e. The lowest BCUT2D eigenvalue weighted by Gasteiger charge is -1.76. The SMILES string of the molecule is C=[n+]1c(=CC=[S+]CC)sc2ccccc21. The molecule has 15 heavy (non-hydrogen) atoms. The van der Waals surface area contributed by atoms with Crippen molar-refractivity contribution in [3.8, 4) is 0 Å². The molecule has 1 aromatic carbocycles. The fourth-order valence-electron chi connectivity index (χ4n) is 1.38. The van der Waals surface area contributed by atoms with E-state index in [1.54, 1.807) is 22.7 Å². The molecule has 2 aromatic rings. The van der Waals surface area contributed by atoms with Crippen molar-refractivity contribution in [1.29, 1.82) is 0 Å². The molecule has 2 rings (SSSR count). The number of aromatic nitrogens is 1. The van der Waals surface area contributed by atoms with Crippen LogP contribution in [0.25, 0.3) is 16.3 Å². The number of para-hydroxylation sites is 1. The highest BCUT2D eigenvalue weighted by atomic mass is 32.1. The molecule has 1 aromatic heterocycles. The molecule has 0 spiro atoms. The number of rotatable bonds is 2. The summed E-state index contributed by atoms with van der Waals surface area (Å²) in [6.45, 7) is 6.20. The van der Waals surface area contributed by atoms with Gasteiger partial charge in [0.25, 0.3) is 4.66 Å². The van der Waals surface area contributed by atoms with E-state index in [1.165, 1.54) is 14.9 Å². The summed E-state index contributed by atoms with van der Waals surface area (Å²) in [5.41, 5.74) is 1.20. The normalized spacial score (nSPS) is 13.0. The summed E-state index contributed by atoms with van der Waals surface area (Å²) >= 11 is 3.58. The molecule has 0 unspecified atom stereocenters. The van der Waals surface area contributed by atoms with E-state index in [-0.39, 0.29) is 0 Å². The topological polar surface area (TPSA) is 5.90 Å². The minimum Gasteiger partial charge on any atom is -0.157 e. The predicted molar refractivity (Wildman–Crippen MR) is 70.8 cm³/mol. The smallest absolute Gasteiger partial charge is 0.157 e. The third-order valence-electron chi connectivity index (χ3n) is 2.11. The van der Waals surface area contributed by atoms with Crippen LogP contribution >= 0.6 is 11.3 Å². The van der Waals surface area contributed by atoms with E-state index in [9.17, 15) is 0 Å². The van der Waals surface area contributed by atoms with Crippen LogP contribution in [0.1, 0.15) is 6.92 Å². The summed E-state index contributed by atoms with van der Waals surface area (Å²) in [6.07, 6.45) is 2.13. The highest BCUT2D eigenvalue weighted by Gasteiger charge is 2.06. The molecule has 1 nitrogen and oxygen atoms in total. The lowest BCUT2D eigenvalue weighted by Crippen LogP contribution is -2.30. The van der Waals surface area contributed by atoms with Gasteiger partial charge in [0.15, 0.2) is 22.5 Å². The van der Waals surface area contributed by atoms with Gasteiger partial charge in [0, 0.05) is 6.07 Å². The molecule has 0 radical (unpaired) electrons. The van der Waals surface area contributed by atoms with Gasteiger partial charge < -0.3 is 0 Å². The van der Waals surface area contributed by atoms with Gasteiger partial charge >= 0.3 is 0 Å². The Bertz CT molecular complexity index is 596. The number of benzene rings is 1. The summed E-state index contributed by atoms with van der Waals surface area (Å²) in [5.74, 6) is 1.11. The highest BCUT2D eigenvalue weighted by Crippen LogP contribution is 2.10. The van der Waals surface area contributed by atoms with Gasteiger partial charge in [-0.25, -0.2) is 0 Å². The monoisotopic (exact) mass is 235 g/mol. The molecule has 0 N–H and O–H groups in total. The molecule has 3 heteroatoms. The summed E-state index contributed by atoms with van der Waals surface area (Å²) in [7, 11) is 0. The van der Waals surface area contributed by atoms with Gasteiger partial charge in [-0.15, -0.1) is 0 Å². The Kier molecular flexibility index (Phi) is 3.23. The van der Waals surface area contributed by atoms with Crippen molar-refractivity contribution in [2.45, 2.75) is 6.92 Å². The minimum atomic E-state index is 1.11. The lowest BCUT2D eigenvalue weighted by atomic mass is 10.3. The molecule has 0 aliphatic heterocycles. The number of fused-ring (bicyclic) bond motifs is 1. The molecule has 0 atom stereocenters.